The lowest BCUT2D eigenvalue weighted by Crippen LogP contribution is -2.39. The van der Waals surface area contributed by atoms with Crippen LogP contribution in [0.2, 0.25) is 0 Å². The fourth-order valence-electron chi connectivity index (χ4n) is 2.64. The molecule has 130 valence electrons. The molecule has 0 spiro atoms. The zero-order valence-electron chi connectivity index (χ0n) is 14.5. The molecule has 2 heterocycles. The van der Waals surface area contributed by atoms with E-state index in [1.54, 1.807) is 23.5 Å². The zero-order chi connectivity index (χ0) is 17.8. The molecular formula is C18H21N5O2. The number of urea groups is 1. The van der Waals surface area contributed by atoms with Crippen LogP contribution in [0.4, 0.5) is 10.7 Å². The number of pyridine rings is 1. The first-order valence-electron chi connectivity index (χ1n) is 8.05. The van der Waals surface area contributed by atoms with Crippen LogP contribution in [0.15, 0.2) is 48.7 Å². The lowest BCUT2D eigenvalue weighted by molar-refractivity contribution is 0.207. The number of hydrogen-bond donors (Lipinski definition) is 1. The van der Waals surface area contributed by atoms with E-state index < -0.39 is 0 Å². The number of amides is 2. The van der Waals surface area contributed by atoms with E-state index >= 15 is 0 Å². The fraction of sp³-hybridized carbons (Fsp3) is 0.278. The van der Waals surface area contributed by atoms with Crippen molar-refractivity contribution in [1.82, 2.24) is 19.5 Å². The highest BCUT2D eigenvalue weighted by Crippen LogP contribution is 2.20. The maximum absolute atomic E-state index is 12.5. The average Bonchev–Trinajstić information content (AvgIpc) is 3.04. The van der Waals surface area contributed by atoms with E-state index in [0.29, 0.717) is 18.0 Å². The number of fused-ring (bicyclic) bond motifs is 1. The molecule has 0 fully saturated rings. The van der Waals surface area contributed by atoms with Gasteiger partial charge < -0.3 is 9.64 Å². The van der Waals surface area contributed by atoms with Crippen molar-refractivity contribution >= 4 is 17.6 Å². The first-order chi connectivity index (χ1) is 12.1. The largest absolute Gasteiger partial charge is 0.496 e. The molecule has 2 aromatic heterocycles. The SMILES string of the molecule is COc1ccccc1C[C@H](C)N(C)C(=O)Nc1nnc2ccccn12. The number of benzene rings is 1. The van der Waals surface area contributed by atoms with Gasteiger partial charge in [-0.2, -0.15) is 0 Å². The van der Waals surface area contributed by atoms with Crippen LogP contribution in [-0.2, 0) is 6.42 Å². The van der Waals surface area contributed by atoms with Crippen molar-refractivity contribution in [3.63, 3.8) is 0 Å². The molecule has 7 nitrogen and oxygen atoms in total. The summed E-state index contributed by atoms with van der Waals surface area (Å²) >= 11 is 0. The third-order valence-electron chi connectivity index (χ3n) is 4.22. The predicted octanol–water partition coefficient (Wildman–Crippen LogP) is 2.83. The minimum atomic E-state index is -0.236. The number of para-hydroxylation sites is 1. The van der Waals surface area contributed by atoms with Gasteiger partial charge in [0, 0.05) is 19.3 Å². The fourth-order valence-corrected chi connectivity index (χ4v) is 2.64. The first-order valence-corrected chi connectivity index (χ1v) is 8.05. The summed E-state index contributed by atoms with van der Waals surface area (Å²) in [6, 6.07) is 13.1. The number of anilines is 1. The van der Waals surface area contributed by atoms with E-state index in [0.717, 1.165) is 11.3 Å². The van der Waals surface area contributed by atoms with E-state index in [4.69, 9.17) is 4.74 Å². The normalized spacial score (nSPS) is 12.0. The molecule has 0 saturated heterocycles. The van der Waals surface area contributed by atoms with Crippen LogP contribution in [-0.4, -0.2) is 45.7 Å². The van der Waals surface area contributed by atoms with Gasteiger partial charge in [0.15, 0.2) is 5.65 Å². The van der Waals surface area contributed by atoms with E-state index in [1.165, 1.54) is 0 Å². The van der Waals surface area contributed by atoms with Crippen molar-refractivity contribution in [3.05, 3.63) is 54.2 Å². The highest BCUT2D eigenvalue weighted by molar-refractivity contribution is 5.87. The lowest BCUT2D eigenvalue weighted by Gasteiger charge is -2.25. The summed E-state index contributed by atoms with van der Waals surface area (Å²) in [5, 5.41) is 10.9. The van der Waals surface area contributed by atoms with Crippen LogP contribution >= 0.6 is 0 Å². The monoisotopic (exact) mass is 339 g/mol. The van der Waals surface area contributed by atoms with Crippen LogP contribution in [0.3, 0.4) is 0 Å². The Morgan fingerprint density at radius 2 is 2.00 bits per heavy atom. The highest BCUT2D eigenvalue weighted by Gasteiger charge is 2.19. The molecule has 3 rings (SSSR count). The molecule has 1 aromatic carbocycles. The Bertz CT molecular complexity index is 877. The smallest absolute Gasteiger partial charge is 0.324 e. The molecule has 7 heteroatoms. The number of ether oxygens (including phenoxy) is 1. The molecule has 2 amide bonds. The summed E-state index contributed by atoms with van der Waals surface area (Å²) in [6.45, 7) is 1.99. The van der Waals surface area contributed by atoms with Gasteiger partial charge in [-0.05, 0) is 37.1 Å². The van der Waals surface area contributed by atoms with Gasteiger partial charge in [-0.1, -0.05) is 24.3 Å². The summed E-state index contributed by atoms with van der Waals surface area (Å²) in [4.78, 5) is 14.2. The molecule has 0 bridgehead atoms. The number of aromatic nitrogens is 3. The molecule has 1 atom stereocenters. The van der Waals surface area contributed by atoms with Crippen molar-refractivity contribution < 1.29 is 9.53 Å². The second-order valence-corrected chi connectivity index (χ2v) is 5.86. The summed E-state index contributed by atoms with van der Waals surface area (Å²) in [5.74, 6) is 1.23. The summed E-state index contributed by atoms with van der Waals surface area (Å²) in [6.07, 6.45) is 2.50. The molecule has 0 unspecified atom stereocenters. The van der Waals surface area contributed by atoms with Gasteiger partial charge in [-0.3, -0.25) is 9.72 Å². The number of nitrogens with zero attached hydrogens (tertiary/aromatic N) is 4. The maximum Gasteiger partial charge on any atom is 0.324 e. The maximum atomic E-state index is 12.5. The molecule has 0 aliphatic carbocycles. The van der Waals surface area contributed by atoms with E-state index in [2.05, 4.69) is 15.5 Å². The highest BCUT2D eigenvalue weighted by atomic mass is 16.5. The number of carbonyl (C=O) groups excluding carboxylic acids is 1. The van der Waals surface area contributed by atoms with Gasteiger partial charge in [0.1, 0.15) is 5.75 Å². The number of nitrogens with one attached hydrogen (secondary N) is 1. The van der Waals surface area contributed by atoms with Gasteiger partial charge in [0.05, 0.1) is 7.11 Å². The summed E-state index contributed by atoms with van der Waals surface area (Å²) in [7, 11) is 3.41. The quantitative estimate of drug-likeness (QED) is 0.776. The second-order valence-electron chi connectivity index (χ2n) is 5.86. The number of methoxy groups -OCH3 is 1. The van der Waals surface area contributed by atoms with Crippen molar-refractivity contribution in [2.75, 3.05) is 19.5 Å². The lowest BCUT2D eigenvalue weighted by atomic mass is 10.1. The first kappa shape index (κ1) is 16.8. The molecule has 1 N–H and O–H groups in total. The minimum Gasteiger partial charge on any atom is -0.496 e. The Morgan fingerprint density at radius 3 is 2.80 bits per heavy atom. The van der Waals surface area contributed by atoms with Gasteiger partial charge in [0.25, 0.3) is 0 Å². The van der Waals surface area contributed by atoms with Crippen molar-refractivity contribution in [1.29, 1.82) is 0 Å². The third-order valence-corrected chi connectivity index (χ3v) is 4.22. The van der Waals surface area contributed by atoms with Crippen molar-refractivity contribution in [3.8, 4) is 5.75 Å². The van der Waals surface area contributed by atoms with Crippen LogP contribution < -0.4 is 10.1 Å². The van der Waals surface area contributed by atoms with E-state index in [-0.39, 0.29) is 12.1 Å². The standard InChI is InChI=1S/C18H21N5O2/c1-13(12-14-8-4-5-9-15(14)25-3)22(2)18(24)19-17-21-20-16-10-6-7-11-23(16)17/h4-11,13H,12H2,1-3H3,(H,19,21,24)/t13-/m0/s1. The van der Waals surface area contributed by atoms with Crippen LogP contribution in [0.5, 0.6) is 5.75 Å². The van der Waals surface area contributed by atoms with E-state index in [9.17, 15) is 4.79 Å². The van der Waals surface area contributed by atoms with Crippen LogP contribution in [0.1, 0.15) is 12.5 Å². The molecule has 25 heavy (non-hydrogen) atoms. The molecular weight excluding hydrogens is 318 g/mol. The van der Waals surface area contributed by atoms with E-state index in [1.807, 2.05) is 55.6 Å². The van der Waals surface area contributed by atoms with Crippen LogP contribution in [0.25, 0.3) is 5.65 Å². The number of hydrogen-bond acceptors (Lipinski definition) is 4. The van der Waals surface area contributed by atoms with Gasteiger partial charge in [-0.25, -0.2) is 4.79 Å². The van der Waals surface area contributed by atoms with Crippen molar-refractivity contribution in [2.24, 2.45) is 0 Å². The number of rotatable bonds is 5. The molecule has 0 aliphatic heterocycles. The zero-order valence-corrected chi connectivity index (χ0v) is 14.5. The average molecular weight is 339 g/mol. The Labute approximate surface area is 146 Å². The second kappa shape index (κ2) is 7.21. The molecule has 0 aliphatic rings. The Balaban J connectivity index is 1.69. The third kappa shape index (κ3) is 3.55. The molecule has 3 aromatic rings. The topological polar surface area (TPSA) is 71.8 Å². The van der Waals surface area contributed by atoms with Gasteiger partial charge in [0.2, 0.25) is 5.95 Å². The van der Waals surface area contributed by atoms with Crippen molar-refractivity contribution in [2.45, 2.75) is 19.4 Å². The Hall–Kier alpha value is -3.09. The summed E-state index contributed by atoms with van der Waals surface area (Å²) < 4.78 is 7.11. The number of carbonyl (C=O) groups is 1. The number of likely N-dealkylation sites (N-methyl/N-ethyl adjacent to an activating group) is 1. The Morgan fingerprint density at radius 1 is 1.24 bits per heavy atom. The summed E-state index contributed by atoms with van der Waals surface area (Å²) in [5.41, 5.74) is 1.74. The Kier molecular flexibility index (Phi) is 4.83. The molecule has 0 saturated carbocycles. The molecule has 0 radical (unpaired) electrons. The van der Waals surface area contributed by atoms with Gasteiger partial charge >= 0.3 is 6.03 Å². The minimum absolute atomic E-state index is 0.0181. The van der Waals surface area contributed by atoms with Crippen LogP contribution in [0, 0.1) is 0 Å². The predicted molar refractivity (Wildman–Crippen MR) is 95.9 cm³/mol. The van der Waals surface area contributed by atoms with Gasteiger partial charge in [-0.15, -0.1) is 10.2 Å².